The van der Waals surface area contributed by atoms with Crippen molar-refractivity contribution in [1.29, 1.82) is 0 Å². The van der Waals surface area contributed by atoms with Crippen LogP contribution < -0.4 is 14.8 Å². The Kier molecular flexibility index (Phi) is 6.58. The van der Waals surface area contributed by atoms with E-state index in [-0.39, 0.29) is 5.91 Å². The van der Waals surface area contributed by atoms with E-state index in [1.54, 1.807) is 14.0 Å². The number of benzene rings is 2. The Bertz CT molecular complexity index is 1270. The Labute approximate surface area is 193 Å². The molecule has 2 aromatic carbocycles. The Morgan fingerprint density at radius 2 is 1.91 bits per heavy atom. The number of rotatable bonds is 8. The Morgan fingerprint density at radius 3 is 2.64 bits per heavy atom. The van der Waals surface area contributed by atoms with Gasteiger partial charge in [-0.05, 0) is 49.6 Å². The van der Waals surface area contributed by atoms with Crippen LogP contribution in [0.3, 0.4) is 0 Å². The zero-order chi connectivity index (χ0) is 23.4. The number of fused-ring (bicyclic) bond motifs is 1. The average molecular weight is 445 g/mol. The molecule has 0 aliphatic rings. The fourth-order valence-electron chi connectivity index (χ4n) is 3.81. The van der Waals surface area contributed by atoms with Crippen molar-refractivity contribution in [2.45, 2.75) is 40.0 Å². The molecule has 33 heavy (non-hydrogen) atoms. The van der Waals surface area contributed by atoms with Crippen LogP contribution in [0.1, 0.15) is 25.1 Å². The van der Waals surface area contributed by atoms with Crippen LogP contribution in [-0.4, -0.2) is 33.9 Å². The van der Waals surface area contributed by atoms with Gasteiger partial charge in [0.2, 0.25) is 5.88 Å². The lowest BCUT2D eigenvalue weighted by Crippen LogP contribution is -2.36. The summed E-state index contributed by atoms with van der Waals surface area (Å²) in [6, 6.07) is 19.5. The van der Waals surface area contributed by atoms with Gasteiger partial charge >= 0.3 is 0 Å². The van der Waals surface area contributed by atoms with Crippen molar-refractivity contribution >= 4 is 16.9 Å². The highest BCUT2D eigenvalue weighted by atomic mass is 16.5. The fraction of sp³-hybridized carbons (Fsp3) is 0.269. The first kappa shape index (κ1) is 22.3. The number of carbonyl (C=O) groups excluding carboxylic acids is 1. The number of pyridine rings is 1. The molecule has 4 rings (SSSR count). The van der Waals surface area contributed by atoms with Crippen molar-refractivity contribution in [3.05, 3.63) is 71.9 Å². The van der Waals surface area contributed by atoms with Crippen LogP contribution in [0, 0.1) is 6.92 Å². The van der Waals surface area contributed by atoms with Crippen molar-refractivity contribution < 1.29 is 14.3 Å². The van der Waals surface area contributed by atoms with Crippen LogP contribution in [0.5, 0.6) is 11.6 Å². The average Bonchev–Trinajstić information content (AvgIpc) is 3.18. The topological polar surface area (TPSA) is 78.3 Å². The first-order chi connectivity index (χ1) is 16.0. The second-order valence-corrected chi connectivity index (χ2v) is 7.80. The number of nitrogens with zero attached hydrogens (tertiary/aromatic N) is 3. The summed E-state index contributed by atoms with van der Waals surface area (Å²) in [5, 5.41) is 8.54. The molecule has 0 fully saturated rings. The molecule has 0 saturated carbocycles. The Balaban J connectivity index is 1.58. The van der Waals surface area contributed by atoms with E-state index in [1.807, 2.05) is 79.2 Å². The summed E-state index contributed by atoms with van der Waals surface area (Å²) in [7, 11) is 1.62. The van der Waals surface area contributed by atoms with E-state index in [9.17, 15) is 4.79 Å². The summed E-state index contributed by atoms with van der Waals surface area (Å²) in [6.07, 6.45) is -0.719. The number of ether oxygens (including phenoxy) is 2. The van der Waals surface area contributed by atoms with Crippen LogP contribution in [0.2, 0.25) is 0 Å². The molecule has 2 heterocycles. The van der Waals surface area contributed by atoms with Crippen molar-refractivity contribution in [2.75, 3.05) is 7.11 Å². The van der Waals surface area contributed by atoms with E-state index < -0.39 is 6.10 Å². The second-order valence-electron chi connectivity index (χ2n) is 7.80. The number of amides is 1. The fourth-order valence-corrected chi connectivity index (χ4v) is 3.81. The van der Waals surface area contributed by atoms with E-state index in [4.69, 9.17) is 14.5 Å². The van der Waals surface area contributed by atoms with Gasteiger partial charge in [0.05, 0.1) is 18.2 Å². The van der Waals surface area contributed by atoms with Crippen molar-refractivity contribution in [3.8, 4) is 22.8 Å². The molecule has 1 N–H and O–H groups in total. The lowest BCUT2D eigenvalue weighted by atomic mass is 10.0. The third-order valence-corrected chi connectivity index (χ3v) is 5.51. The number of carbonyl (C=O) groups is 1. The summed E-state index contributed by atoms with van der Waals surface area (Å²) >= 11 is 0. The zero-order valence-corrected chi connectivity index (χ0v) is 19.3. The van der Waals surface area contributed by atoms with Gasteiger partial charge < -0.3 is 14.8 Å². The van der Waals surface area contributed by atoms with Gasteiger partial charge in [0.1, 0.15) is 5.75 Å². The van der Waals surface area contributed by atoms with Gasteiger partial charge in [-0.3, -0.25) is 4.79 Å². The summed E-state index contributed by atoms with van der Waals surface area (Å²) in [4.78, 5) is 17.4. The van der Waals surface area contributed by atoms with Gasteiger partial charge in [0.25, 0.3) is 5.91 Å². The number of aromatic nitrogens is 3. The third kappa shape index (κ3) is 4.82. The van der Waals surface area contributed by atoms with Crippen molar-refractivity contribution in [2.24, 2.45) is 0 Å². The van der Waals surface area contributed by atoms with Crippen LogP contribution in [0.15, 0.2) is 60.7 Å². The van der Waals surface area contributed by atoms with Crippen LogP contribution in [0.25, 0.3) is 22.2 Å². The van der Waals surface area contributed by atoms with E-state index >= 15 is 0 Å². The molecule has 0 unspecified atom stereocenters. The molecule has 0 saturated heterocycles. The number of hydrogen-bond donors (Lipinski definition) is 1. The van der Waals surface area contributed by atoms with Gasteiger partial charge in [-0.2, -0.15) is 10.1 Å². The molecule has 170 valence electrons. The van der Waals surface area contributed by atoms with Gasteiger partial charge in [0.15, 0.2) is 11.8 Å². The SMILES string of the molecule is CCn1nc(C)c2c(-c3ccccc3)cc(O[C@@H](C)C(=O)NCc3cccc(OC)c3)nc21. The standard InChI is InChI=1S/C26H28N4O3/c1-5-30-25-24(17(2)29-30)22(20-11-7-6-8-12-20)15-23(28-25)33-18(3)26(31)27-16-19-10-9-13-21(14-19)32-4/h6-15,18H,5,16H2,1-4H3,(H,27,31)/t18-/m0/s1. The molecule has 1 amide bonds. The van der Waals surface area contributed by atoms with Gasteiger partial charge in [-0.25, -0.2) is 4.68 Å². The largest absolute Gasteiger partial charge is 0.497 e. The Hall–Kier alpha value is -3.87. The minimum atomic E-state index is -0.719. The first-order valence-electron chi connectivity index (χ1n) is 11.0. The van der Waals surface area contributed by atoms with E-state index in [2.05, 4.69) is 10.4 Å². The van der Waals surface area contributed by atoms with Crippen molar-refractivity contribution in [3.63, 3.8) is 0 Å². The molecule has 0 aliphatic carbocycles. The quantitative estimate of drug-likeness (QED) is 0.432. The molecule has 7 heteroatoms. The minimum Gasteiger partial charge on any atom is -0.497 e. The highest BCUT2D eigenvalue weighted by molar-refractivity contribution is 5.95. The lowest BCUT2D eigenvalue weighted by Gasteiger charge is -2.16. The molecule has 1 atom stereocenters. The lowest BCUT2D eigenvalue weighted by molar-refractivity contribution is -0.127. The smallest absolute Gasteiger partial charge is 0.261 e. The number of methoxy groups -OCH3 is 1. The molecule has 4 aromatic rings. The monoisotopic (exact) mass is 444 g/mol. The molecule has 0 aliphatic heterocycles. The number of aryl methyl sites for hydroxylation is 2. The number of hydrogen-bond acceptors (Lipinski definition) is 5. The molecule has 0 spiro atoms. The molecular weight excluding hydrogens is 416 g/mol. The zero-order valence-electron chi connectivity index (χ0n) is 19.3. The maximum absolute atomic E-state index is 12.7. The molecule has 7 nitrogen and oxygen atoms in total. The number of nitrogens with one attached hydrogen (secondary N) is 1. The van der Waals surface area contributed by atoms with Crippen LogP contribution in [0.4, 0.5) is 0 Å². The summed E-state index contributed by atoms with van der Waals surface area (Å²) in [6.45, 7) is 6.80. The van der Waals surface area contributed by atoms with E-state index in [0.717, 1.165) is 39.2 Å². The van der Waals surface area contributed by atoms with Gasteiger partial charge in [-0.1, -0.05) is 42.5 Å². The highest BCUT2D eigenvalue weighted by Gasteiger charge is 2.20. The molecule has 0 radical (unpaired) electrons. The van der Waals surface area contributed by atoms with E-state index in [0.29, 0.717) is 19.0 Å². The third-order valence-electron chi connectivity index (χ3n) is 5.51. The molecule has 0 bridgehead atoms. The maximum atomic E-state index is 12.7. The van der Waals surface area contributed by atoms with Gasteiger partial charge in [0, 0.05) is 19.2 Å². The summed E-state index contributed by atoms with van der Waals surface area (Å²) in [5.74, 6) is 0.918. The normalized spacial score (nSPS) is 11.9. The summed E-state index contributed by atoms with van der Waals surface area (Å²) in [5.41, 5.74) is 4.63. The minimum absolute atomic E-state index is 0.221. The predicted octanol–water partition coefficient (Wildman–Crippen LogP) is 4.52. The molecular formula is C26H28N4O3. The molecule has 2 aromatic heterocycles. The second kappa shape index (κ2) is 9.73. The summed E-state index contributed by atoms with van der Waals surface area (Å²) < 4.78 is 13.1. The van der Waals surface area contributed by atoms with E-state index in [1.165, 1.54) is 0 Å². The van der Waals surface area contributed by atoms with Gasteiger partial charge in [-0.15, -0.1) is 0 Å². The van der Waals surface area contributed by atoms with Crippen molar-refractivity contribution in [1.82, 2.24) is 20.1 Å². The highest BCUT2D eigenvalue weighted by Crippen LogP contribution is 2.33. The predicted molar refractivity (Wildman–Crippen MR) is 128 cm³/mol. The first-order valence-corrected chi connectivity index (χ1v) is 11.0. The van der Waals surface area contributed by atoms with Crippen LogP contribution in [-0.2, 0) is 17.9 Å². The Morgan fingerprint density at radius 1 is 1.12 bits per heavy atom. The van der Waals surface area contributed by atoms with Crippen LogP contribution >= 0.6 is 0 Å². The maximum Gasteiger partial charge on any atom is 0.261 e.